The lowest BCUT2D eigenvalue weighted by atomic mass is 10.1. The molecule has 6 nitrogen and oxygen atoms in total. The highest BCUT2D eigenvalue weighted by Crippen LogP contribution is 2.27. The number of ketones is 1. The van der Waals surface area contributed by atoms with Crippen molar-refractivity contribution in [1.82, 2.24) is 4.98 Å². The molecule has 0 saturated heterocycles. The lowest BCUT2D eigenvalue weighted by Crippen LogP contribution is -2.17. The maximum atomic E-state index is 11.6. The second-order valence-corrected chi connectivity index (χ2v) is 3.38. The molecule has 0 N–H and O–H groups in total. The van der Waals surface area contributed by atoms with E-state index in [1.807, 2.05) is 0 Å². The van der Waals surface area contributed by atoms with Crippen LogP contribution >= 0.6 is 0 Å². The Morgan fingerprint density at radius 3 is 2.61 bits per heavy atom. The van der Waals surface area contributed by atoms with Gasteiger partial charge < -0.3 is 9.47 Å². The van der Waals surface area contributed by atoms with E-state index in [4.69, 9.17) is 9.47 Å². The molecule has 0 amide bonds. The summed E-state index contributed by atoms with van der Waals surface area (Å²) in [5.74, 6) is -3.00. The summed E-state index contributed by atoms with van der Waals surface area (Å²) < 4.78 is 9.53. The zero-order valence-electron chi connectivity index (χ0n) is 9.50. The Morgan fingerprint density at radius 2 is 2.00 bits per heavy atom. The largest absolute Gasteiger partial charge is 0.462 e. The van der Waals surface area contributed by atoms with Crippen LogP contribution in [0.25, 0.3) is 5.76 Å². The van der Waals surface area contributed by atoms with Gasteiger partial charge in [0.15, 0.2) is 11.3 Å². The van der Waals surface area contributed by atoms with Crippen molar-refractivity contribution in [3.8, 4) is 0 Å². The molecule has 0 radical (unpaired) electrons. The maximum absolute atomic E-state index is 11.6. The smallest absolute Gasteiger partial charge is 0.385 e. The van der Waals surface area contributed by atoms with E-state index in [2.05, 4.69) is 4.98 Å². The first-order valence-electron chi connectivity index (χ1n) is 5.23. The van der Waals surface area contributed by atoms with Gasteiger partial charge in [-0.25, -0.2) is 9.59 Å². The van der Waals surface area contributed by atoms with Gasteiger partial charge in [0.25, 0.3) is 5.78 Å². The Balaban J connectivity index is 2.49. The van der Waals surface area contributed by atoms with Crippen molar-refractivity contribution < 1.29 is 23.9 Å². The highest BCUT2D eigenvalue weighted by molar-refractivity contribution is 6.51. The Hall–Kier alpha value is -2.50. The highest BCUT2D eigenvalue weighted by atomic mass is 16.6. The molecule has 0 aromatic carbocycles. The van der Waals surface area contributed by atoms with Gasteiger partial charge in [0.2, 0.25) is 0 Å². The molecule has 0 bridgehead atoms. The number of cyclic esters (lactones) is 1. The molecule has 0 spiro atoms. The molecule has 1 aliphatic heterocycles. The van der Waals surface area contributed by atoms with Crippen molar-refractivity contribution in [1.29, 1.82) is 0 Å². The van der Waals surface area contributed by atoms with Crippen molar-refractivity contribution in [3.05, 3.63) is 35.7 Å². The fraction of sp³-hybridized carbons (Fsp3) is 0.167. The van der Waals surface area contributed by atoms with E-state index in [9.17, 15) is 14.4 Å². The first-order valence-corrected chi connectivity index (χ1v) is 5.23. The molecule has 1 aliphatic rings. The Kier molecular flexibility index (Phi) is 3.18. The number of esters is 2. The standard InChI is InChI=1S/C12H9NO5/c1-2-17-11(15)8-9(14)12(16)18-10(8)7-3-5-13-6-4-7/h3-6H,2H2,1H3. The first kappa shape index (κ1) is 12.0. The molecule has 6 heteroatoms. The van der Waals surface area contributed by atoms with Crippen LogP contribution < -0.4 is 0 Å². The predicted octanol–water partition coefficient (Wildman–Crippen LogP) is 0.482. The Morgan fingerprint density at radius 1 is 1.33 bits per heavy atom. The topological polar surface area (TPSA) is 82.6 Å². The second kappa shape index (κ2) is 4.79. The van der Waals surface area contributed by atoms with E-state index in [1.165, 1.54) is 24.5 Å². The summed E-state index contributed by atoms with van der Waals surface area (Å²) in [5.41, 5.74) is 0.0558. The molecular weight excluding hydrogens is 238 g/mol. The molecule has 0 fully saturated rings. The zero-order chi connectivity index (χ0) is 13.1. The third-order valence-electron chi connectivity index (χ3n) is 2.26. The molecule has 1 aromatic heterocycles. The summed E-state index contributed by atoms with van der Waals surface area (Å²) >= 11 is 0. The molecular formula is C12H9NO5. The van der Waals surface area contributed by atoms with Gasteiger partial charge in [-0.3, -0.25) is 9.78 Å². The van der Waals surface area contributed by atoms with E-state index in [0.29, 0.717) is 5.56 Å². The molecule has 0 atom stereocenters. The fourth-order valence-electron chi connectivity index (χ4n) is 1.49. The Bertz CT molecular complexity index is 547. The van der Waals surface area contributed by atoms with Gasteiger partial charge in [0, 0.05) is 18.0 Å². The summed E-state index contributed by atoms with van der Waals surface area (Å²) in [7, 11) is 0. The van der Waals surface area contributed by atoms with Crippen molar-refractivity contribution >= 4 is 23.5 Å². The van der Waals surface area contributed by atoms with Crippen molar-refractivity contribution in [3.63, 3.8) is 0 Å². The molecule has 2 heterocycles. The van der Waals surface area contributed by atoms with Gasteiger partial charge in [0.1, 0.15) is 0 Å². The number of aromatic nitrogens is 1. The summed E-state index contributed by atoms with van der Waals surface area (Å²) in [6.07, 6.45) is 2.92. The number of carbonyl (C=O) groups is 3. The molecule has 0 saturated carbocycles. The molecule has 0 aliphatic carbocycles. The Labute approximate surface area is 102 Å². The van der Waals surface area contributed by atoms with Crippen LogP contribution in [0.3, 0.4) is 0 Å². The van der Waals surface area contributed by atoms with Crippen LogP contribution in [0, 0.1) is 0 Å². The number of hydrogen-bond donors (Lipinski definition) is 0. The van der Waals surface area contributed by atoms with E-state index in [-0.39, 0.29) is 17.9 Å². The van der Waals surface area contributed by atoms with Gasteiger partial charge in [0.05, 0.1) is 6.61 Å². The van der Waals surface area contributed by atoms with Gasteiger partial charge in [-0.15, -0.1) is 0 Å². The van der Waals surface area contributed by atoms with Gasteiger partial charge >= 0.3 is 11.9 Å². The first-order chi connectivity index (χ1) is 8.65. The molecule has 0 unspecified atom stereocenters. The second-order valence-electron chi connectivity index (χ2n) is 3.38. The van der Waals surface area contributed by atoms with Crippen LogP contribution in [0.4, 0.5) is 0 Å². The average Bonchev–Trinajstić information content (AvgIpc) is 2.67. The van der Waals surface area contributed by atoms with Crippen molar-refractivity contribution in [2.24, 2.45) is 0 Å². The SMILES string of the molecule is CCOC(=O)C1=C(c2ccncc2)OC(=O)C1=O. The van der Waals surface area contributed by atoms with Crippen molar-refractivity contribution in [2.75, 3.05) is 6.61 Å². The normalized spacial score (nSPS) is 14.7. The molecule has 18 heavy (non-hydrogen) atoms. The molecule has 92 valence electrons. The third-order valence-corrected chi connectivity index (χ3v) is 2.26. The number of carbonyl (C=O) groups excluding carboxylic acids is 3. The van der Waals surface area contributed by atoms with Gasteiger partial charge in [-0.05, 0) is 19.1 Å². The van der Waals surface area contributed by atoms with Crippen LogP contribution in [-0.2, 0) is 23.9 Å². The lowest BCUT2D eigenvalue weighted by Gasteiger charge is -2.03. The quantitative estimate of drug-likeness (QED) is 0.439. The van der Waals surface area contributed by atoms with Crippen LogP contribution in [0.2, 0.25) is 0 Å². The minimum atomic E-state index is -1.08. The number of rotatable bonds is 3. The number of Topliss-reactive ketones (excluding diaryl/α,β-unsaturated/α-hetero) is 1. The van der Waals surface area contributed by atoms with Crippen LogP contribution in [0.5, 0.6) is 0 Å². The average molecular weight is 247 g/mol. The van der Waals surface area contributed by atoms with Crippen LogP contribution in [0.15, 0.2) is 30.1 Å². The summed E-state index contributed by atoms with van der Waals surface area (Å²) in [6, 6.07) is 3.06. The fourth-order valence-corrected chi connectivity index (χ4v) is 1.49. The van der Waals surface area contributed by atoms with Gasteiger partial charge in [-0.1, -0.05) is 0 Å². The molecule has 1 aromatic rings. The highest BCUT2D eigenvalue weighted by Gasteiger charge is 2.39. The minimum Gasteiger partial charge on any atom is -0.462 e. The molecule has 2 rings (SSSR count). The zero-order valence-corrected chi connectivity index (χ0v) is 9.50. The lowest BCUT2D eigenvalue weighted by molar-refractivity contribution is -0.147. The van der Waals surface area contributed by atoms with E-state index < -0.39 is 17.7 Å². The predicted molar refractivity (Wildman–Crippen MR) is 58.9 cm³/mol. The third kappa shape index (κ3) is 2.00. The number of nitrogens with zero attached hydrogens (tertiary/aromatic N) is 1. The minimum absolute atomic E-state index is 0.0779. The monoisotopic (exact) mass is 247 g/mol. The number of hydrogen-bond acceptors (Lipinski definition) is 6. The van der Waals surface area contributed by atoms with Gasteiger partial charge in [-0.2, -0.15) is 0 Å². The van der Waals surface area contributed by atoms with E-state index in [1.54, 1.807) is 6.92 Å². The summed E-state index contributed by atoms with van der Waals surface area (Å²) in [4.78, 5) is 38.2. The maximum Gasteiger partial charge on any atom is 0.385 e. The van der Waals surface area contributed by atoms with Crippen LogP contribution in [-0.4, -0.2) is 29.3 Å². The van der Waals surface area contributed by atoms with Crippen molar-refractivity contribution in [2.45, 2.75) is 6.92 Å². The van der Waals surface area contributed by atoms with E-state index in [0.717, 1.165) is 0 Å². The summed E-state index contributed by atoms with van der Waals surface area (Å²) in [6.45, 7) is 1.71. The van der Waals surface area contributed by atoms with E-state index >= 15 is 0 Å². The number of pyridine rings is 1. The van der Waals surface area contributed by atoms with Crippen LogP contribution in [0.1, 0.15) is 12.5 Å². The summed E-state index contributed by atoms with van der Waals surface area (Å²) in [5, 5.41) is 0. The number of ether oxygens (including phenoxy) is 2.